The van der Waals surface area contributed by atoms with E-state index in [1.165, 1.54) is 5.56 Å². The first-order valence-electron chi connectivity index (χ1n) is 7.32. The van der Waals surface area contributed by atoms with Crippen molar-refractivity contribution < 1.29 is 4.74 Å². The molecule has 0 amide bonds. The molecule has 110 valence electrons. The highest BCUT2D eigenvalue weighted by Crippen LogP contribution is 2.28. The number of anilines is 2. The van der Waals surface area contributed by atoms with Crippen LogP contribution in [0.5, 0.6) is 5.75 Å². The van der Waals surface area contributed by atoms with Crippen LogP contribution in [0.2, 0.25) is 0 Å². The van der Waals surface area contributed by atoms with Crippen molar-refractivity contribution >= 4 is 11.6 Å². The molecule has 5 nitrogen and oxygen atoms in total. The number of aromatic nitrogens is 2. The van der Waals surface area contributed by atoms with Gasteiger partial charge in [-0.25, -0.2) is 9.97 Å². The van der Waals surface area contributed by atoms with E-state index in [1.807, 2.05) is 19.2 Å². The van der Waals surface area contributed by atoms with Crippen molar-refractivity contribution in [2.24, 2.45) is 0 Å². The Morgan fingerprint density at radius 3 is 2.81 bits per heavy atom. The molecule has 1 aliphatic rings. The second-order valence-corrected chi connectivity index (χ2v) is 5.09. The summed E-state index contributed by atoms with van der Waals surface area (Å²) in [6, 6.07) is 8.21. The molecule has 21 heavy (non-hydrogen) atoms. The van der Waals surface area contributed by atoms with Gasteiger partial charge in [0.05, 0.1) is 6.54 Å². The monoisotopic (exact) mass is 284 g/mol. The van der Waals surface area contributed by atoms with Crippen LogP contribution in [0.4, 0.5) is 11.6 Å². The summed E-state index contributed by atoms with van der Waals surface area (Å²) in [6.07, 6.45) is 3.55. The van der Waals surface area contributed by atoms with Crippen molar-refractivity contribution in [1.29, 1.82) is 0 Å². The normalized spacial score (nSPS) is 16.2. The molecule has 1 unspecified atom stereocenters. The zero-order valence-electron chi connectivity index (χ0n) is 12.4. The van der Waals surface area contributed by atoms with Gasteiger partial charge in [0, 0.05) is 19.0 Å². The van der Waals surface area contributed by atoms with E-state index in [0.717, 1.165) is 42.3 Å². The number of nitrogens with zero attached hydrogens (tertiary/aromatic N) is 2. The third-order valence-electron chi connectivity index (χ3n) is 3.75. The zero-order valence-corrected chi connectivity index (χ0v) is 12.4. The molecule has 1 atom stereocenters. The van der Waals surface area contributed by atoms with Gasteiger partial charge in [-0.1, -0.05) is 25.1 Å². The molecule has 2 N–H and O–H groups in total. The summed E-state index contributed by atoms with van der Waals surface area (Å²) in [4.78, 5) is 8.60. The van der Waals surface area contributed by atoms with E-state index >= 15 is 0 Å². The fraction of sp³-hybridized carbons (Fsp3) is 0.375. The number of para-hydroxylation sites is 1. The van der Waals surface area contributed by atoms with Crippen molar-refractivity contribution in [1.82, 2.24) is 9.97 Å². The summed E-state index contributed by atoms with van der Waals surface area (Å²) in [7, 11) is 1.88. The summed E-state index contributed by atoms with van der Waals surface area (Å²) < 4.78 is 5.94. The van der Waals surface area contributed by atoms with E-state index in [4.69, 9.17) is 4.74 Å². The number of nitrogens with one attached hydrogen (secondary N) is 2. The molecular formula is C16H20N4O. The highest BCUT2D eigenvalue weighted by molar-refractivity contribution is 5.57. The molecule has 0 aliphatic carbocycles. The molecule has 0 bridgehead atoms. The van der Waals surface area contributed by atoms with Crippen LogP contribution in [0.3, 0.4) is 0 Å². The molecule has 0 saturated heterocycles. The number of hydrogen-bond acceptors (Lipinski definition) is 5. The lowest BCUT2D eigenvalue weighted by molar-refractivity contribution is 0.246. The van der Waals surface area contributed by atoms with Crippen LogP contribution in [0.1, 0.15) is 18.1 Å². The van der Waals surface area contributed by atoms with Crippen LogP contribution in [0, 0.1) is 0 Å². The number of benzene rings is 1. The summed E-state index contributed by atoms with van der Waals surface area (Å²) >= 11 is 0. The Bertz CT molecular complexity index is 604. The first kappa shape index (κ1) is 13.7. The van der Waals surface area contributed by atoms with E-state index < -0.39 is 0 Å². The molecule has 0 radical (unpaired) electrons. The summed E-state index contributed by atoms with van der Waals surface area (Å²) in [5, 5.41) is 6.51. The van der Waals surface area contributed by atoms with Crippen LogP contribution in [-0.2, 0) is 12.8 Å². The predicted octanol–water partition coefficient (Wildman–Crippen LogP) is 2.50. The zero-order chi connectivity index (χ0) is 14.7. The average molecular weight is 284 g/mol. The SMILES string of the molecule is CCc1c(NC)ncnc1NCC1Cc2ccccc2O1. The van der Waals surface area contributed by atoms with Crippen LogP contribution in [0.15, 0.2) is 30.6 Å². The molecule has 1 aromatic heterocycles. The smallest absolute Gasteiger partial charge is 0.134 e. The Morgan fingerprint density at radius 2 is 2.05 bits per heavy atom. The number of fused-ring (bicyclic) bond motifs is 1. The molecule has 3 rings (SSSR count). The number of hydrogen-bond donors (Lipinski definition) is 2. The van der Waals surface area contributed by atoms with Crippen molar-refractivity contribution in [3.05, 3.63) is 41.7 Å². The van der Waals surface area contributed by atoms with Gasteiger partial charge in [0.15, 0.2) is 0 Å². The molecule has 2 heterocycles. The van der Waals surface area contributed by atoms with E-state index in [9.17, 15) is 0 Å². The maximum atomic E-state index is 5.94. The Morgan fingerprint density at radius 1 is 1.24 bits per heavy atom. The predicted molar refractivity (Wildman–Crippen MR) is 84.0 cm³/mol. The molecule has 5 heteroatoms. The van der Waals surface area contributed by atoms with Gasteiger partial charge in [-0.05, 0) is 18.1 Å². The summed E-state index contributed by atoms with van der Waals surface area (Å²) in [6.45, 7) is 2.84. The summed E-state index contributed by atoms with van der Waals surface area (Å²) in [5.41, 5.74) is 2.38. The van der Waals surface area contributed by atoms with E-state index in [0.29, 0.717) is 0 Å². The maximum Gasteiger partial charge on any atom is 0.134 e. The topological polar surface area (TPSA) is 59.1 Å². The highest BCUT2D eigenvalue weighted by atomic mass is 16.5. The van der Waals surface area contributed by atoms with Gasteiger partial charge < -0.3 is 15.4 Å². The minimum Gasteiger partial charge on any atom is -0.488 e. The first-order chi connectivity index (χ1) is 10.3. The van der Waals surface area contributed by atoms with Gasteiger partial charge in [0.2, 0.25) is 0 Å². The Hall–Kier alpha value is -2.30. The minimum atomic E-state index is 0.153. The number of ether oxygens (including phenoxy) is 1. The number of rotatable bonds is 5. The molecular weight excluding hydrogens is 264 g/mol. The van der Waals surface area contributed by atoms with Gasteiger partial charge in [0.25, 0.3) is 0 Å². The summed E-state index contributed by atoms with van der Waals surface area (Å²) in [5.74, 6) is 2.76. The van der Waals surface area contributed by atoms with Crippen molar-refractivity contribution in [3.8, 4) is 5.75 Å². The van der Waals surface area contributed by atoms with Crippen LogP contribution in [-0.4, -0.2) is 29.7 Å². The lowest BCUT2D eigenvalue weighted by Gasteiger charge is -2.15. The van der Waals surface area contributed by atoms with Crippen LogP contribution in [0.25, 0.3) is 0 Å². The standard InChI is InChI=1S/C16H20N4O/c1-3-13-15(17-2)19-10-20-16(13)18-9-12-8-11-6-4-5-7-14(11)21-12/h4-7,10,12H,3,8-9H2,1-2H3,(H2,17,18,19,20). The quantitative estimate of drug-likeness (QED) is 0.883. The minimum absolute atomic E-state index is 0.153. The van der Waals surface area contributed by atoms with E-state index in [-0.39, 0.29) is 6.10 Å². The highest BCUT2D eigenvalue weighted by Gasteiger charge is 2.22. The van der Waals surface area contributed by atoms with E-state index in [1.54, 1.807) is 6.33 Å². The lowest BCUT2D eigenvalue weighted by Crippen LogP contribution is -2.25. The second kappa shape index (κ2) is 5.99. The molecule has 0 fully saturated rings. The van der Waals surface area contributed by atoms with Gasteiger partial charge in [-0.15, -0.1) is 0 Å². The third kappa shape index (κ3) is 2.77. The van der Waals surface area contributed by atoms with Gasteiger partial charge in [-0.2, -0.15) is 0 Å². The Balaban J connectivity index is 1.67. The first-order valence-corrected chi connectivity index (χ1v) is 7.32. The van der Waals surface area contributed by atoms with Crippen molar-refractivity contribution in [2.45, 2.75) is 25.9 Å². The lowest BCUT2D eigenvalue weighted by atomic mass is 10.1. The van der Waals surface area contributed by atoms with Crippen LogP contribution >= 0.6 is 0 Å². The molecule has 1 aromatic carbocycles. The van der Waals surface area contributed by atoms with Crippen molar-refractivity contribution in [2.75, 3.05) is 24.2 Å². The average Bonchev–Trinajstić information content (AvgIpc) is 2.95. The Labute approximate surface area is 124 Å². The van der Waals surface area contributed by atoms with Gasteiger partial charge in [-0.3, -0.25) is 0 Å². The molecule has 0 spiro atoms. The fourth-order valence-electron chi connectivity index (χ4n) is 2.69. The molecule has 2 aromatic rings. The molecule has 0 saturated carbocycles. The maximum absolute atomic E-state index is 5.94. The van der Waals surface area contributed by atoms with Crippen molar-refractivity contribution in [3.63, 3.8) is 0 Å². The third-order valence-corrected chi connectivity index (χ3v) is 3.75. The van der Waals surface area contributed by atoms with Crippen LogP contribution < -0.4 is 15.4 Å². The second-order valence-electron chi connectivity index (χ2n) is 5.09. The van der Waals surface area contributed by atoms with Gasteiger partial charge >= 0.3 is 0 Å². The fourth-order valence-corrected chi connectivity index (χ4v) is 2.69. The largest absolute Gasteiger partial charge is 0.488 e. The Kier molecular flexibility index (Phi) is 3.90. The van der Waals surface area contributed by atoms with E-state index in [2.05, 4.69) is 39.7 Å². The van der Waals surface area contributed by atoms with Gasteiger partial charge in [0.1, 0.15) is 29.8 Å². The molecule has 1 aliphatic heterocycles.